The summed E-state index contributed by atoms with van der Waals surface area (Å²) in [4.78, 5) is 13.0. The average molecular weight is 609 g/mol. The van der Waals surface area contributed by atoms with Crippen LogP contribution in [-0.4, -0.2) is 154 Å². The lowest BCUT2D eigenvalue weighted by atomic mass is 9.75. The fraction of sp³-hybridized carbons (Fsp3) is 0.960. The van der Waals surface area contributed by atoms with Crippen LogP contribution < -0.4 is 33.6 Å². The summed E-state index contributed by atoms with van der Waals surface area (Å²) in [6.07, 6.45) is -9.42. The third-order valence-electron chi connectivity index (χ3n) is 8.64. The van der Waals surface area contributed by atoms with E-state index in [1.807, 2.05) is 0 Å². The van der Waals surface area contributed by atoms with Gasteiger partial charge in [0.2, 0.25) is 0 Å². The van der Waals surface area contributed by atoms with E-state index in [4.69, 9.17) is 47.0 Å². The van der Waals surface area contributed by atoms with Gasteiger partial charge in [-0.3, -0.25) is 4.79 Å². The molecule has 0 radical (unpaired) electrons. The van der Waals surface area contributed by atoms with Crippen molar-refractivity contribution in [3.8, 4) is 0 Å². The van der Waals surface area contributed by atoms with Crippen LogP contribution in [-0.2, 0) is 23.7 Å². The van der Waals surface area contributed by atoms with Crippen LogP contribution in [0, 0.1) is 0 Å². The van der Waals surface area contributed by atoms with Crippen LogP contribution in [0.15, 0.2) is 0 Å². The third kappa shape index (κ3) is 7.39. The Morgan fingerprint density at radius 3 is 2.24 bits per heavy atom. The smallest absolute Gasteiger partial charge is 0.252 e. The monoisotopic (exact) mass is 608 g/mol. The molecule has 42 heavy (non-hydrogen) atoms. The first-order valence-electron chi connectivity index (χ1n) is 14.5. The zero-order valence-electron chi connectivity index (χ0n) is 23.5. The number of rotatable bonds is 11. The lowest BCUT2D eigenvalue weighted by Crippen LogP contribution is -2.70. The minimum absolute atomic E-state index is 0.0185. The van der Waals surface area contributed by atoms with Crippen molar-refractivity contribution in [1.82, 2.24) is 10.6 Å². The molecule has 17 heteroatoms. The summed E-state index contributed by atoms with van der Waals surface area (Å²) in [6.45, 7) is 0.197. The Kier molecular flexibility index (Phi) is 11.5. The molecule has 4 rings (SSSR count). The molecular weight excluding hydrogens is 560 g/mol. The van der Waals surface area contributed by atoms with E-state index in [0.717, 1.165) is 0 Å². The van der Waals surface area contributed by atoms with Gasteiger partial charge in [0, 0.05) is 38.0 Å². The van der Waals surface area contributed by atoms with Crippen molar-refractivity contribution >= 4 is 5.91 Å². The van der Waals surface area contributed by atoms with E-state index in [2.05, 4.69) is 10.6 Å². The van der Waals surface area contributed by atoms with Crippen LogP contribution >= 0.6 is 0 Å². The second kappa shape index (κ2) is 14.3. The van der Waals surface area contributed by atoms with Gasteiger partial charge in [0.1, 0.15) is 42.2 Å². The predicted octanol–water partition coefficient (Wildman–Crippen LogP) is -6.63. The Morgan fingerprint density at radius 2 is 1.60 bits per heavy atom. The van der Waals surface area contributed by atoms with Crippen LogP contribution in [0.3, 0.4) is 0 Å². The van der Waals surface area contributed by atoms with Gasteiger partial charge in [0.25, 0.3) is 5.91 Å². The van der Waals surface area contributed by atoms with E-state index in [-0.39, 0.29) is 38.0 Å². The summed E-state index contributed by atoms with van der Waals surface area (Å²) in [6, 6.07) is -3.93. The zero-order valence-corrected chi connectivity index (χ0v) is 23.5. The van der Waals surface area contributed by atoms with Gasteiger partial charge in [0.15, 0.2) is 12.6 Å². The number of carbonyl (C=O) groups excluding carboxylic acids is 1. The van der Waals surface area contributed by atoms with Crippen LogP contribution in [0.2, 0.25) is 0 Å². The van der Waals surface area contributed by atoms with Gasteiger partial charge < -0.3 is 83.2 Å². The first kappa shape index (κ1) is 33.8. The highest BCUT2D eigenvalue weighted by molar-refractivity contribution is 5.86. The molecule has 1 amide bonds. The van der Waals surface area contributed by atoms with E-state index in [0.29, 0.717) is 25.9 Å². The maximum absolute atomic E-state index is 13.0. The van der Waals surface area contributed by atoms with Crippen LogP contribution in [0.4, 0.5) is 0 Å². The summed E-state index contributed by atoms with van der Waals surface area (Å²) in [5, 5.41) is 67.5. The van der Waals surface area contributed by atoms with Gasteiger partial charge in [-0.05, 0) is 19.3 Å². The number of nitrogens with one attached hydrogen (secondary N) is 2. The molecule has 4 aliphatic rings. The molecule has 13 atom stereocenters. The molecule has 17 nitrogen and oxygen atoms in total. The van der Waals surface area contributed by atoms with E-state index >= 15 is 0 Å². The first-order valence-corrected chi connectivity index (χ1v) is 14.5. The second-order valence-corrected chi connectivity index (χ2v) is 12.0. The largest absolute Gasteiger partial charge is 0.395 e. The zero-order chi connectivity index (χ0) is 30.8. The van der Waals surface area contributed by atoms with Gasteiger partial charge in [-0.15, -0.1) is 0 Å². The summed E-state index contributed by atoms with van der Waals surface area (Å²) >= 11 is 0. The summed E-state index contributed by atoms with van der Waals surface area (Å²) < 4.78 is 23.7. The minimum Gasteiger partial charge on any atom is -0.395 e. The Morgan fingerprint density at radius 1 is 0.905 bits per heavy atom. The molecule has 0 aromatic carbocycles. The molecule has 2 aliphatic carbocycles. The lowest BCUT2D eigenvalue weighted by molar-refractivity contribution is -0.314. The average Bonchev–Trinajstić information content (AvgIpc) is 2.93. The van der Waals surface area contributed by atoms with Crippen molar-refractivity contribution in [2.75, 3.05) is 26.3 Å². The standard InChI is InChI=1S/C25H48N6O11/c26-10-6-25(38,7-10)24(37)31-14-5-13(28)20(41-22-12(27)2-1-11(39-22)8-30-3-4-32)19(36)21(14)42-23-18(35)16(29)17(34)15(9-33)40-23/h10-23,30,32-36,38H,1-9,26-29H2,(H,31,37). The highest BCUT2D eigenvalue weighted by atomic mass is 16.7. The molecule has 2 aliphatic heterocycles. The van der Waals surface area contributed by atoms with Crippen molar-refractivity contribution in [2.45, 2.75) is 123 Å². The van der Waals surface area contributed by atoms with E-state index in [1.165, 1.54) is 0 Å². The van der Waals surface area contributed by atoms with Crippen molar-refractivity contribution in [3.05, 3.63) is 0 Å². The number of aliphatic hydroxyl groups excluding tert-OH is 5. The third-order valence-corrected chi connectivity index (χ3v) is 8.64. The van der Waals surface area contributed by atoms with Gasteiger partial charge >= 0.3 is 0 Å². The fourth-order valence-corrected chi connectivity index (χ4v) is 6.07. The van der Waals surface area contributed by atoms with Crippen molar-refractivity contribution in [2.24, 2.45) is 22.9 Å². The highest BCUT2D eigenvalue weighted by Gasteiger charge is 2.53. The normalized spacial score (nSPS) is 48.0. The molecule has 13 unspecified atom stereocenters. The molecule has 2 saturated carbocycles. The molecular formula is C25H48N6O11. The molecule has 0 bridgehead atoms. The molecule has 0 aromatic rings. The second-order valence-electron chi connectivity index (χ2n) is 12.0. The van der Waals surface area contributed by atoms with Crippen molar-refractivity contribution in [3.63, 3.8) is 0 Å². The van der Waals surface area contributed by atoms with Crippen LogP contribution in [0.1, 0.15) is 32.1 Å². The Labute approximate surface area is 243 Å². The maximum atomic E-state index is 13.0. The highest BCUT2D eigenvalue weighted by Crippen LogP contribution is 2.34. The summed E-state index contributed by atoms with van der Waals surface area (Å²) in [5.74, 6) is -0.720. The van der Waals surface area contributed by atoms with E-state index < -0.39 is 91.5 Å². The topological polar surface area (TPSA) is 304 Å². The quantitative estimate of drug-likeness (QED) is 0.0970. The Balaban J connectivity index is 1.51. The van der Waals surface area contributed by atoms with Gasteiger partial charge in [-0.25, -0.2) is 0 Å². The van der Waals surface area contributed by atoms with Gasteiger partial charge in [-0.1, -0.05) is 0 Å². The number of amides is 1. The number of ether oxygens (including phenoxy) is 4. The van der Waals surface area contributed by atoms with Gasteiger partial charge in [0.05, 0.1) is 37.4 Å². The van der Waals surface area contributed by atoms with E-state index in [9.17, 15) is 30.3 Å². The minimum atomic E-state index is -1.69. The Bertz CT molecular complexity index is 886. The maximum Gasteiger partial charge on any atom is 0.252 e. The van der Waals surface area contributed by atoms with Crippen molar-refractivity contribution in [1.29, 1.82) is 0 Å². The molecule has 244 valence electrons. The van der Waals surface area contributed by atoms with Crippen molar-refractivity contribution < 1.29 is 54.4 Å². The SMILES string of the molecule is NC1CC(O)(C(=O)NC2CC(N)C(OC3OC(CNCCO)CCC3N)C(O)C2OC2OC(CO)C(O)C(N)C2O)C1. The van der Waals surface area contributed by atoms with E-state index in [1.54, 1.807) is 0 Å². The number of hydrogen-bond donors (Lipinski definition) is 12. The molecule has 4 fully saturated rings. The van der Waals surface area contributed by atoms with Crippen LogP contribution in [0.25, 0.3) is 0 Å². The summed E-state index contributed by atoms with van der Waals surface area (Å²) in [7, 11) is 0. The molecule has 2 heterocycles. The lowest BCUT2D eigenvalue weighted by Gasteiger charge is -2.49. The first-order chi connectivity index (χ1) is 19.9. The summed E-state index contributed by atoms with van der Waals surface area (Å²) in [5.41, 5.74) is 22.7. The fourth-order valence-electron chi connectivity index (χ4n) is 6.07. The number of nitrogens with two attached hydrogens (primary N) is 4. The number of carbonyl (C=O) groups is 1. The number of hydrogen-bond acceptors (Lipinski definition) is 16. The molecule has 0 spiro atoms. The predicted molar refractivity (Wildman–Crippen MR) is 144 cm³/mol. The van der Waals surface area contributed by atoms with Crippen LogP contribution in [0.5, 0.6) is 0 Å². The molecule has 2 saturated heterocycles. The molecule has 0 aromatic heterocycles. The number of aliphatic hydroxyl groups is 6. The van der Waals surface area contributed by atoms with Gasteiger partial charge in [-0.2, -0.15) is 0 Å². The Hall–Kier alpha value is -1.13. The molecule has 16 N–H and O–H groups in total.